The molecule has 2 aromatic rings. The summed E-state index contributed by atoms with van der Waals surface area (Å²) in [6, 6.07) is 1.21. The van der Waals surface area contributed by atoms with E-state index in [0.29, 0.717) is 29.8 Å². The number of anilines is 1. The van der Waals surface area contributed by atoms with Crippen molar-refractivity contribution in [3.05, 3.63) is 46.5 Å². The Kier molecular flexibility index (Phi) is 5.78. The highest BCUT2D eigenvalue weighted by atomic mass is 19.4. The lowest BCUT2D eigenvalue weighted by atomic mass is 9.99. The number of fused-ring (bicyclic) bond motifs is 3. The molecule has 0 saturated carbocycles. The third kappa shape index (κ3) is 4.25. The van der Waals surface area contributed by atoms with Gasteiger partial charge >= 0.3 is 12.2 Å². The molecule has 0 saturated heterocycles. The Morgan fingerprint density at radius 3 is 2.76 bits per heavy atom. The number of halogens is 4. The van der Waals surface area contributed by atoms with Gasteiger partial charge in [0.2, 0.25) is 0 Å². The minimum absolute atomic E-state index is 0.0118. The first-order valence-corrected chi connectivity index (χ1v) is 10.2. The summed E-state index contributed by atoms with van der Waals surface area (Å²) in [5, 5.41) is 7.99. The fourth-order valence-electron chi connectivity index (χ4n) is 4.02. The van der Waals surface area contributed by atoms with E-state index in [-0.39, 0.29) is 37.1 Å². The molecule has 0 bridgehead atoms. The van der Waals surface area contributed by atoms with Crippen LogP contribution in [0, 0.1) is 5.82 Å². The Morgan fingerprint density at radius 2 is 2.09 bits per heavy atom. The monoisotopic (exact) mass is 470 g/mol. The summed E-state index contributed by atoms with van der Waals surface area (Å²) < 4.78 is 54.1. The normalized spacial score (nSPS) is 20.9. The summed E-state index contributed by atoms with van der Waals surface area (Å²) in [6.45, 7) is 2.20. The molecule has 2 unspecified atom stereocenters. The largest absolute Gasteiger partial charge is 0.419 e. The molecule has 2 aliphatic rings. The van der Waals surface area contributed by atoms with E-state index in [1.54, 1.807) is 6.92 Å². The molecule has 0 aliphatic carbocycles. The summed E-state index contributed by atoms with van der Waals surface area (Å²) in [5.41, 5.74) is 5.50. The number of alkyl halides is 3. The van der Waals surface area contributed by atoms with E-state index < -0.39 is 35.6 Å². The molecule has 2 atom stereocenters. The Morgan fingerprint density at radius 1 is 1.36 bits per heavy atom. The number of carbonyl (C=O) groups excluding carboxylic acids is 2. The zero-order valence-electron chi connectivity index (χ0n) is 17.8. The minimum atomic E-state index is -4.90. The number of aromatic nitrogens is 2. The third-order valence-corrected chi connectivity index (χ3v) is 5.70. The molecule has 33 heavy (non-hydrogen) atoms. The van der Waals surface area contributed by atoms with Crippen LogP contribution in [0.3, 0.4) is 0 Å². The van der Waals surface area contributed by atoms with Gasteiger partial charge in [-0.25, -0.2) is 14.2 Å². The molecule has 3 N–H and O–H groups in total. The van der Waals surface area contributed by atoms with Crippen molar-refractivity contribution in [3.63, 3.8) is 0 Å². The van der Waals surface area contributed by atoms with Crippen LogP contribution in [-0.2, 0) is 30.5 Å². The van der Waals surface area contributed by atoms with Gasteiger partial charge in [0.25, 0.3) is 5.91 Å². The molecule has 3 amide bonds. The van der Waals surface area contributed by atoms with Gasteiger partial charge in [-0.1, -0.05) is 0 Å². The molecule has 0 fully saturated rings. The van der Waals surface area contributed by atoms with Crippen LogP contribution >= 0.6 is 0 Å². The van der Waals surface area contributed by atoms with Crippen LogP contribution < -0.4 is 11.1 Å². The van der Waals surface area contributed by atoms with E-state index in [2.05, 4.69) is 10.4 Å². The third-order valence-electron chi connectivity index (χ3n) is 5.70. The fourth-order valence-corrected chi connectivity index (χ4v) is 4.02. The Hall–Kier alpha value is -3.19. The van der Waals surface area contributed by atoms with Crippen molar-refractivity contribution in [1.82, 2.24) is 19.7 Å². The van der Waals surface area contributed by atoms with Crippen LogP contribution in [0.25, 0.3) is 0 Å². The predicted octanol–water partition coefficient (Wildman–Crippen LogP) is 2.36. The minimum Gasteiger partial charge on any atom is -0.328 e. The number of nitrogens with two attached hydrogens (primary N) is 1. The van der Waals surface area contributed by atoms with Crippen molar-refractivity contribution in [2.45, 2.75) is 44.8 Å². The first-order valence-electron chi connectivity index (χ1n) is 10.2. The Labute approximate surface area is 186 Å². The molecule has 178 valence electrons. The topological polar surface area (TPSA) is 106 Å². The number of rotatable bonds is 2. The number of urea groups is 1. The van der Waals surface area contributed by atoms with Crippen molar-refractivity contribution in [2.24, 2.45) is 5.73 Å². The zero-order valence-corrected chi connectivity index (χ0v) is 17.8. The van der Waals surface area contributed by atoms with Gasteiger partial charge in [-0.05, 0) is 25.1 Å². The van der Waals surface area contributed by atoms with Gasteiger partial charge in [-0.2, -0.15) is 18.3 Å². The maximum atomic E-state index is 13.6. The summed E-state index contributed by atoms with van der Waals surface area (Å²) >= 11 is 0. The molecule has 13 heteroatoms. The van der Waals surface area contributed by atoms with Crippen LogP contribution in [0.2, 0.25) is 0 Å². The van der Waals surface area contributed by atoms with Crippen molar-refractivity contribution >= 4 is 17.6 Å². The highest BCUT2D eigenvalue weighted by molar-refractivity contribution is 5.94. The van der Waals surface area contributed by atoms with E-state index in [9.17, 15) is 27.2 Å². The molecule has 9 nitrogen and oxygen atoms in total. The molecule has 1 aromatic heterocycles. The number of hydrogen-bond donors (Lipinski definition) is 2. The second-order valence-electron chi connectivity index (χ2n) is 8.03. The van der Waals surface area contributed by atoms with Gasteiger partial charge in [-0.3, -0.25) is 14.3 Å². The molecule has 1 aromatic carbocycles. The quantitative estimate of drug-likeness (QED) is 0.656. The van der Waals surface area contributed by atoms with Crippen molar-refractivity contribution in [1.29, 1.82) is 0 Å². The van der Waals surface area contributed by atoms with E-state index in [1.807, 2.05) is 0 Å². The van der Waals surface area contributed by atoms with E-state index in [1.165, 1.54) is 16.6 Å². The second-order valence-corrected chi connectivity index (χ2v) is 8.03. The van der Waals surface area contributed by atoms with Crippen LogP contribution in [0.15, 0.2) is 18.2 Å². The van der Waals surface area contributed by atoms with Crippen LogP contribution in [-0.4, -0.2) is 57.4 Å². The highest BCUT2D eigenvalue weighted by Gasteiger charge is 2.38. The van der Waals surface area contributed by atoms with Gasteiger partial charge < -0.3 is 16.0 Å². The first-order chi connectivity index (χ1) is 15.5. The van der Waals surface area contributed by atoms with Crippen molar-refractivity contribution < 1.29 is 32.0 Å². The Balaban J connectivity index is 1.60. The Bertz CT molecular complexity index is 1100. The van der Waals surface area contributed by atoms with Gasteiger partial charge in [0, 0.05) is 37.3 Å². The lowest BCUT2D eigenvalue weighted by Gasteiger charge is -2.33. The molecular weight excluding hydrogens is 448 g/mol. The maximum Gasteiger partial charge on any atom is 0.419 e. The summed E-state index contributed by atoms with van der Waals surface area (Å²) in [6.07, 6.45) is -5.02. The van der Waals surface area contributed by atoms with Crippen molar-refractivity contribution in [3.8, 4) is 0 Å². The van der Waals surface area contributed by atoms with Gasteiger partial charge in [0.1, 0.15) is 17.6 Å². The van der Waals surface area contributed by atoms with Crippen molar-refractivity contribution in [2.75, 3.05) is 18.9 Å². The molecule has 0 spiro atoms. The zero-order chi connectivity index (χ0) is 24.1. The number of hydroxylamine groups is 2. The molecule has 0 radical (unpaired) electrons. The predicted molar refractivity (Wildman–Crippen MR) is 107 cm³/mol. The van der Waals surface area contributed by atoms with Crippen LogP contribution in [0.5, 0.6) is 0 Å². The molecular formula is C20H22F4N6O3. The first kappa shape index (κ1) is 23.0. The average Bonchev–Trinajstić information content (AvgIpc) is 3.02. The lowest BCUT2D eigenvalue weighted by Crippen LogP contribution is -2.45. The van der Waals surface area contributed by atoms with Crippen LogP contribution in [0.1, 0.15) is 34.2 Å². The van der Waals surface area contributed by atoms with Gasteiger partial charge in [0.15, 0.2) is 0 Å². The number of hydrogen-bond acceptors (Lipinski definition) is 5. The van der Waals surface area contributed by atoms with Gasteiger partial charge in [0.05, 0.1) is 24.3 Å². The lowest BCUT2D eigenvalue weighted by molar-refractivity contribution is -0.144. The standard InChI is InChI=1S/C20H22F4N6O3/c1-10-5-16-13(17-18(31)28(2)33-12(7-25)8-30(17)27-16)9-29(10)19(32)26-11-3-4-15(21)14(6-11)20(22,23)24/h3-4,6,10,12H,5,7-9,25H2,1-2H3,(H,26,32). The molecule has 3 heterocycles. The smallest absolute Gasteiger partial charge is 0.328 e. The molecule has 4 rings (SSSR count). The number of nitrogens with zero attached hydrogens (tertiary/aromatic N) is 4. The SMILES string of the molecule is CC1Cc2nn3c(c2CN1C(=O)Nc1ccc(F)c(C(F)(F)F)c1)C(=O)N(C)OC(CN)C3. The van der Waals surface area contributed by atoms with Crippen LogP contribution in [0.4, 0.5) is 28.0 Å². The second kappa shape index (κ2) is 8.30. The summed E-state index contributed by atoms with van der Waals surface area (Å²) in [5.74, 6) is -1.87. The van der Waals surface area contributed by atoms with Gasteiger partial charge in [-0.15, -0.1) is 0 Å². The average molecular weight is 470 g/mol. The summed E-state index contributed by atoms with van der Waals surface area (Å²) in [4.78, 5) is 32.7. The van der Waals surface area contributed by atoms with E-state index in [0.717, 1.165) is 11.1 Å². The molecule has 2 aliphatic heterocycles. The van der Waals surface area contributed by atoms with E-state index >= 15 is 0 Å². The number of benzene rings is 1. The summed E-state index contributed by atoms with van der Waals surface area (Å²) in [7, 11) is 1.46. The van der Waals surface area contributed by atoms with E-state index in [4.69, 9.17) is 10.6 Å². The fraction of sp³-hybridized carbons (Fsp3) is 0.450. The number of nitrogens with one attached hydrogen (secondary N) is 1. The number of carbonyl (C=O) groups is 2. The number of amides is 3. The highest BCUT2D eigenvalue weighted by Crippen LogP contribution is 2.34. The maximum absolute atomic E-state index is 13.6.